The van der Waals surface area contributed by atoms with Gasteiger partial charge >= 0.3 is 5.97 Å². The van der Waals surface area contributed by atoms with Crippen molar-refractivity contribution in [2.24, 2.45) is 0 Å². The molecule has 1 unspecified atom stereocenters. The predicted octanol–water partition coefficient (Wildman–Crippen LogP) is 3.67. The lowest BCUT2D eigenvalue weighted by molar-refractivity contribution is -0.149. The molecular formula is C13H20BrNO2S. The second kappa shape index (κ2) is 7.92. The van der Waals surface area contributed by atoms with Gasteiger partial charge in [0.25, 0.3) is 0 Å². The number of nitrogens with zero attached hydrogens (tertiary/aromatic N) is 1. The van der Waals surface area contributed by atoms with Gasteiger partial charge in [0.1, 0.15) is 6.04 Å². The molecule has 0 N–H and O–H groups in total. The average Bonchev–Trinajstić information content (AvgIpc) is 2.71. The minimum Gasteiger partial charge on any atom is -0.465 e. The Morgan fingerprint density at radius 3 is 2.78 bits per heavy atom. The van der Waals surface area contributed by atoms with Crippen molar-refractivity contribution < 1.29 is 9.53 Å². The maximum Gasteiger partial charge on any atom is 0.323 e. The lowest BCUT2D eigenvalue weighted by Crippen LogP contribution is -2.39. The molecule has 102 valence electrons. The van der Waals surface area contributed by atoms with Gasteiger partial charge in [-0.15, -0.1) is 11.3 Å². The Morgan fingerprint density at radius 2 is 2.28 bits per heavy atom. The predicted molar refractivity (Wildman–Crippen MR) is 78.8 cm³/mol. The third kappa shape index (κ3) is 4.71. The van der Waals surface area contributed by atoms with Gasteiger partial charge < -0.3 is 4.74 Å². The van der Waals surface area contributed by atoms with Gasteiger partial charge in [0.05, 0.1) is 6.61 Å². The molecule has 0 spiro atoms. The molecule has 0 amide bonds. The van der Waals surface area contributed by atoms with E-state index in [2.05, 4.69) is 39.2 Å². The second-order valence-electron chi connectivity index (χ2n) is 4.20. The van der Waals surface area contributed by atoms with Gasteiger partial charge in [0.2, 0.25) is 0 Å². The van der Waals surface area contributed by atoms with Crippen LogP contribution in [0.5, 0.6) is 0 Å². The molecule has 1 heterocycles. The summed E-state index contributed by atoms with van der Waals surface area (Å²) in [5.41, 5.74) is 0. The molecule has 0 bridgehead atoms. The Kier molecular flexibility index (Phi) is 6.89. The summed E-state index contributed by atoms with van der Waals surface area (Å²) in [6.07, 6.45) is 1.81. The molecule has 0 aliphatic heterocycles. The molecule has 5 heteroatoms. The van der Waals surface area contributed by atoms with Crippen LogP contribution in [0.1, 0.15) is 31.6 Å². The minimum atomic E-state index is -0.143. The first-order valence-electron chi connectivity index (χ1n) is 6.18. The molecule has 0 saturated heterocycles. The topological polar surface area (TPSA) is 29.5 Å². The van der Waals surface area contributed by atoms with Gasteiger partial charge in [-0.05, 0) is 42.4 Å². The Hall–Kier alpha value is -0.390. The number of rotatable bonds is 7. The fraction of sp³-hybridized carbons (Fsp3) is 0.615. The monoisotopic (exact) mass is 333 g/mol. The van der Waals surface area contributed by atoms with Crippen molar-refractivity contribution in [2.75, 3.05) is 13.7 Å². The second-order valence-corrected chi connectivity index (χ2v) is 6.11. The van der Waals surface area contributed by atoms with Crippen molar-refractivity contribution in [3.8, 4) is 0 Å². The van der Waals surface area contributed by atoms with Crippen LogP contribution in [0.4, 0.5) is 0 Å². The van der Waals surface area contributed by atoms with Crippen molar-refractivity contribution in [3.63, 3.8) is 0 Å². The van der Waals surface area contributed by atoms with E-state index in [9.17, 15) is 4.79 Å². The van der Waals surface area contributed by atoms with E-state index in [4.69, 9.17) is 4.74 Å². The van der Waals surface area contributed by atoms with E-state index >= 15 is 0 Å². The first kappa shape index (κ1) is 15.7. The Bertz CT molecular complexity index is 381. The van der Waals surface area contributed by atoms with Crippen molar-refractivity contribution in [3.05, 3.63) is 20.8 Å². The summed E-state index contributed by atoms with van der Waals surface area (Å²) >= 11 is 5.14. The molecule has 1 atom stereocenters. The van der Waals surface area contributed by atoms with Gasteiger partial charge in [-0.1, -0.05) is 13.3 Å². The number of hydrogen-bond acceptors (Lipinski definition) is 4. The number of thiophene rings is 1. The molecule has 1 aromatic heterocycles. The first-order chi connectivity index (χ1) is 8.58. The smallest absolute Gasteiger partial charge is 0.323 e. The summed E-state index contributed by atoms with van der Waals surface area (Å²) in [6.45, 7) is 5.15. The lowest BCUT2D eigenvalue weighted by Gasteiger charge is -2.25. The number of halogens is 1. The van der Waals surface area contributed by atoms with Gasteiger partial charge in [0.15, 0.2) is 0 Å². The van der Waals surface area contributed by atoms with E-state index in [1.807, 2.05) is 14.0 Å². The van der Waals surface area contributed by atoms with E-state index in [-0.39, 0.29) is 12.0 Å². The number of carbonyl (C=O) groups is 1. The average molecular weight is 334 g/mol. The molecular weight excluding hydrogens is 314 g/mol. The number of ether oxygens (including phenoxy) is 1. The summed E-state index contributed by atoms with van der Waals surface area (Å²) in [6, 6.07) is 1.95. The van der Waals surface area contributed by atoms with Crippen molar-refractivity contribution in [1.82, 2.24) is 4.90 Å². The molecule has 0 fully saturated rings. The molecule has 3 nitrogen and oxygen atoms in total. The largest absolute Gasteiger partial charge is 0.465 e. The van der Waals surface area contributed by atoms with Crippen LogP contribution >= 0.6 is 27.3 Å². The summed E-state index contributed by atoms with van der Waals surface area (Å²) < 4.78 is 6.23. The molecule has 1 aromatic rings. The van der Waals surface area contributed by atoms with Crippen molar-refractivity contribution >= 4 is 33.2 Å². The van der Waals surface area contributed by atoms with Crippen molar-refractivity contribution in [1.29, 1.82) is 0 Å². The zero-order chi connectivity index (χ0) is 13.5. The van der Waals surface area contributed by atoms with Gasteiger partial charge in [-0.2, -0.15) is 0 Å². The summed E-state index contributed by atoms with van der Waals surface area (Å²) in [4.78, 5) is 15.2. The maximum absolute atomic E-state index is 11.9. The van der Waals surface area contributed by atoms with E-state index in [1.165, 1.54) is 4.88 Å². The van der Waals surface area contributed by atoms with E-state index in [1.54, 1.807) is 11.3 Å². The minimum absolute atomic E-state index is 0.113. The van der Waals surface area contributed by atoms with Gasteiger partial charge in [0, 0.05) is 21.3 Å². The summed E-state index contributed by atoms with van der Waals surface area (Å²) in [7, 11) is 1.98. The van der Waals surface area contributed by atoms with Gasteiger partial charge in [-0.3, -0.25) is 9.69 Å². The van der Waals surface area contributed by atoms with E-state index in [0.29, 0.717) is 6.61 Å². The molecule has 0 aliphatic carbocycles. The van der Waals surface area contributed by atoms with Crippen LogP contribution in [-0.2, 0) is 16.1 Å². The lowest BCUT2D eigenvalue weighted by atomic mass is 10.1. The van der Waals surface area contributed by atoms with Crippen LogP contribution in [0.25, 0.3) is 0 Å². The van der Waals surface area contributed by atoms with E-state index in [0.717, 1.165) is 23.9 Å². The number of carbonyl (C=O) groups excluding carboxylic acids is 1. The zero-order valence-corrected chi connectivity index (χ0v) is 13.5. The molecule has 0 radical (unpaired) electrons. The number of hydrogen-bond donors (Lipinski definition) is 0. The van der Waals surface area contributed by atoms with Crippen LogP contribution in [0.3, 0.4) is 0 Å². The Labute approximate surface area is 121 Å². The highest BCUT2D eigenvalue weighted by atomic mass is 79.9. The van der Waals surface area contributed by atoms with E-state index < -0.39 is 0 Å². The SMILES string of the molecule is CCCC(C(=O)OCC)N(C)Cc1cc(Br)cs1. The maximum atomic E-state index is 11.9. The fourth-order valence-corrected chi connectivity index (χ4v) is 3.34. The third-order valence-electron chi connectivity index (χ3n) is 2.68. The standard InChI is InChI=1S/C13H20BrNO2S/c1-4-6-12(13(16)17-5-2)15(3)8-11-7-10(14)9-18-11/h7,9,12H,4-6,8H2,1-3H3. The summed E-state index contributed by atoms with van der Waals surface area (Å²) in [5.74, 6) is -0.113. The normalized spacial score (nSPS) is 12.7. The zero-order valence-electron chi connectivity index (χ0n) is 11.1. The van der Waals surface area contributed by atoms with Crippen LogP contribution < -0.4 is 0 Å². The quantitative estimate of drug-likeness (QED) is 0.713. The molecule has 0 aliphatic rings. The Balaban J connectivity index is 2.64. The number of likely N-dealkylation sites (N-methyl/N-ethyl adjacent to an activating group) is 1. The third-order valence-corrected chi connectivity index (χ3v) is 4.36. The van der Waals surface area contributed by atoms with Crippen LogP contribution in [0.15, 0.2) is 15.9 Å². The van der Waals surface area contributed by atoms with Crippen LogP contribution in [0.2, 0.25) is 0 Å². The first-order valence-corrected chi connectivity index (χ1v) is 7.85. The van der Waals surface area contributed by atoms with Crippen molar-refractivity contribution in [2.45, 2.75) is 39.3 Å². The highest BCUT2D eigenvalue weighted by Crippen LogP contribution is 2.22. The molecule has 1 rings (SSSR count). The van der Waals surface area contributed by atoms with Gasteiger partial charge in [-0.25, -0.2) is 0 Å². The van der Waals surface area contributed by atoms with Crippen LogP contribution in [-0.4, -0.2) is 30.6 Å². The van der Waals surface area contributed by atoms with Crippen LogP contribution in [0, 0.1) is 0 Å². The fourth-order valence-electron chi connectivity index (χ4n) is 1.82. The molecule has 0 aromatic carbocycles. The highest BCUT2D eigenvalue weighted by Gasteiger charge is 2.23. The highest BCUT2D eigenvalue weighted by molar-refractivity contribution is 9.10. The number of esters is 1. The Morgan fingerprint density at radius 1 is 1.56 bits per heavy atom. The molecule has 18 heavy (non-hydrogen) atoms. The molecule has 0 saturated carbocycles. The summed E-state index contributed by atoms with van der Waals surface area (Å²) in [5, 5.41) is 2.06.